The smallest absolute Gasteiger partial charge is 0.261 e. The van der Waals surface area contributed by atoms with Gasteiger partial charge >= 0.3 is 0 Å². The van der Waals surface area contributed by atoms with Crippen LogP contribution in [-0.2, 0) is 14.8 Å². The number of rotatable bonds is 5. The van der Waals surface area contributed by atoms with Gasteiger partial charge in [-0.25, -0.2) is 8.42 Å². The van der Waals surface area contributed by atoms with Gasteiger partial charge in [-0.3, -0.25) is 13.9 Å². The minimum atomic E-state index is -3.50. The molecule has 0 saturated heterocycles. The third-order valence-electron chi connectivity index (χ3n) is 3.89. The monoisotopic (exact) mass is 379 g/mol. The Bertz CT molecular complexity index is 844. The fourth-order valence-electron chi connectivity index (χ4n) is 1.71. The molecule has 26 heavy (non-hydrogen) atoms. The van der Waals surface area contributed by atoms with E-state index < -0.39 is 22.1 Å². The predicted molar refractivity (Wildman–Crippen MR) is 104 cm³/mol. The molecule has 0 aliphatic rings. The van der Waals surface area contributed by atoms with Gasteiger partial charge in [0.15, 0.2) is 0 Å². The number of nitrogens with one attached hydrogen (secondary N) is 1. The van der Waals surface area contributed by atoms with E-state index in [1.54, 1.807) is 44.2 Å². The Kier molecular flexibility index (Phi) is 7.51. The van der Waals surface area contributed by atoms with Crippen LogP contribution < -0.4 is 4.72 Å². The van der Waals surface area contributed by atoms with Gasteiger partial charge in [-0.15, -0.1) is 0 Å². The van der Waals surface area contributed by atoms with Crippen LogP contribution in [0.3, 0.4) is 0 Å². The first-order valence-electron chi connectivity index (χ1n) is 8.21. The maximum absolute atomic E-state index is 12.1. The number of sulfonamides is 1. The Morgan fingerprint density at radius 3 is 2.04 bits per heavy atom. The second-order valence-corrected chi connectivity index (χ2v) is 8.54. The van der Waals surface area contributed by atoms with Crippen molar-refractivity contribution in [2.75, 3.05) is 11.4 Å². The van der Waals surface area contributed by atoms with Gasteiger partial charge in [0.25, 0.3) is 10.0 Å². The van der Waals surface area contributed by atoms with E-state index in [2.05, 4.69) is 4.72 Å². The number of hydrogen-bond donors (Lipinski definition) is 1. The van der Waals surface area contributed by atoms with Crippen LogP contribution in [0.4, 0.5) is 10.1 Å². The molecule has 6 heteroatoms. The highest BCUT2D eigenvalue weighted by Gasteiger charge is 2.22. The third kappa shape index (κ3) is 6.59. The number of ketones is 1. The molecule has 0 amide bonds. The Balaban J connectivity index is 0.000000359. The van der Waals surface area contributed by atoms with Crippen molar-refractivity contribution < 1.29 is 17.6 Å². The number of anilines is 1. The third-order valence-corrected chi connectivity index (χ3v) is 5.27. The number of halogens is 1. The lowest BCUT2D eigenvalue weighted by Crippen LogP contribution is -2.23. The van der Waals surface area contributed by atoms with Crippen LogP contribution in [-0.4, -0.2) is 20.9 Å². The number of hydrogen-bond acceptors (Lipinski definition) is 3. The number of Topliss-reactive ketones (excluding diaryl/α,β-unsaturated/α-hetero) is 1. The molecule has 0 fully saturated rings. The Morgan fingerprint density at radius 2 is 1.62 bits per heavy atom. The molecule has 0 aliphatic heterocycles. The highest BCUT2D eigenvalue weighted by Crippen LogP contribution is 2.17. The number of alkyl halides is 1. The van der Waals surface area contributed by atoms with Crippen molar-refractivity contribution in [2.45, 2.75) is 39.5 Å². The molecule has 2 aromatic rings. The number of carbonyl (C=O) groups is 1. The fourth-order valence-corrected chi connectivity index (χ4v) is 2.88. The van der Waals surface area contributed by atoms with Gasteiger partial charge in [0, 0.05) is 5.69 Å². The Morgan fingerprint density at radius 1 is 1.04 bits per heavy atom. The molecular weight excluding hydrogens is 353 g/mol. The van der Waals surface area contributed by atoms with Crippen molar-refractivity contribution in [2.24, 2.45) is 5.41 Å². The Hall–Kier alpha value is -2.21. The molecule has 4 nitrogen and oxygen atoms in total. The molecule has 2 aromatic carbocycles. The quantitative estimate of drug-likeness (QED) is 0.821. The van der Waals surface area contributed by atoms with Crippen molar-refractivity contribution in [3.8, 4) is 0 Å². The number of carbonyl (C=O) groups excluding carboxylic acids is 1. The van der Waals surface area contributed by atoms with Crippen molar-refractivity contribution in [3.05, 3.63) is 59.7 Å². The van der Waals surface area contributed by atoms with Gasteiger partial charge in [0.2, 0.25) is 0 Å². The van der Waals surface area contributed by atoms with Gasteiger partial charge < -0.3 is 0 Å². The SMILES string of the molecule is CC(=O)C(C)(C)CF.Cc1ccc(NS(=O)(=O)c2cccc(C)c2)cc1. The second-order valence-electron chi connectivity index (χ2n) is 6.86. The molecule has 0 atom stereocenters. The van der Waals surface area contributed by atoms with E-state index in [0.29, 0.717) is 5.69 Å². The number of aryl methyl sites for hydroxylation is 2. The molecule has 0 aromatic heterocycles. The topological polar surface area (TPSA) is 63.2 Å². The van der Waals surface area contributed by atoms with Crippen molar-refractivity contribution in [3.63, 3.8) is 0 Å². The second kappa shape index (κ2) is 8.94. The van der Waals surface area contributed by atoms with E-state index in [1.807, 2.05) is 32.0 Å². The Labute approximate surface area is 155 Å². The summed E-state index contributed by atoms with van der Waals surface area (Å²) in [7, 11) is -3.50. The zero-order chi connectivity index (χ0) is 20.0. The highest BCUT2D eigenvalue weighted by molar-refractivity contribution is 7.92. The van der Waals surface area contributed by atoms with Crippen molar-refractivity contribution in [1.82, 2.24) is 0 Å². The van der Waals surface area contributed by atoms with Crippen LogP contribution >= 0.6 is 0 Å². The van der Waals surface area contributed by atoms with Crippen molar-refractivity contribution in [1.29, 1.82) is 0 Å². The van der Waals surface area contributed by atoms with Crippen LogP contribution in [0, 0.1) is 19.3 Å². The average molecular weight is 379 g/mol. The minimum absolute atomic E-state index is 0.0972. The van der Waals surface area contributed by atoms with Crippen LogP contribution in [0.5, 0.6) is 0 Å². The first-order chi connectivity index (χ1) is 12.0. The van der Waals surface area contributed by atoms with E-state index in [1.165, 1.54) is 6.92 Å². The summed E-state index contributed by atoms with van der Waals surface area (Å²) in [6, 6.07) is 14.1. The molecule has 0 unspecified atom stereocenters. The standard InChI is InChI=1S/C14H15NO2S.C6H11FO/c1-11-6-8-13(9-7-11)15-18(16,17)14-5-3-4-12(2)10-14;1-5(8)6(2,3)4-7/h3-10,15H,1-2H3;4H2,1-3H3. The van der Waals surface area contributed by atoms with E-state index in [9.17, 15) is 17.6 Å². The molecule has 1 N–H and O–H groups in total. The highest BCUT2D eigenvalue weighted by atomic mass is 32.2. The zero-order valence-electron chi connectivity index (χ0n) is 15.8. The van der Waals surface area contributed by atoms with Crippen LogP contribution in [0.25, 0.3) is 0 Å². The minimum Gasteiger partial charge on any atom is -0.299 e. The molecule has 0 saturated carbocycles. The summed E-state index contributed by atoms with van der Waals surface area (Å²) in [5.41, 5.74) is 1.82. The van der Waals surface area contributed by atoms with E-state index in [4.69, 9.17) is 0 Å². The van der Waals surface area contributed by atoms with E-state index in [-0.39, 0.29) is 10.7 Å². The first kappa shape index (κ1) is 21.8. The molecular formula is C20H26FNO3S. The van der Waals surface area contributed by atoms with Gasteiger partial charge in [0.05, 0.1) is 10.3 Å². The summed E-state index contributed by atoms with van der Waals surface area (Å²) in [6.07, 6.45) is 0. The molecule has 0 radical (unpaired) electrons. The number of benzene rings is 2. The fraction of sp³-hybridized carbons (Fsp3) is 0.350. The lowest BCUT2D eigenvalue weighted by molar-refractivity contribution is -0.125. The summed E-state index contributed by atoms with van der Waals surface area (Å²) in [6.45, 7) is 7.84. The van der Waals surface area contributed by atoms with Crippen molar-refractivity contribution >= 4 is 21.5 Å². The normalized spacial score (nSPS) is 11.3. The maximum Gasteiger partial charge on any atom is 0.261 e. The summed E-state index contributed by atoms with van der Waals surface area (Å²) in [4.78, 5) is 10.7. The summed E-state index contributed by atoms with van der Waals surface area (Å²) in [5, 5.41) is 0. The van der Waals surface area contributed by atoms with E-state index >= 15 is 0 Å². The summed E-state index contributed by atoms with van der Waals surface area (Å²) < 4.78 is 38.6. The molecule has 0 aliphatic carbocycles. The lowest BCUT2D eigenvalue weighted by Gasteiger charge is -2.14. The molecule has 2 rings (SSSR count). The largest absolute Gasteiger partial charge is 0.299 e. The molecule has 0 bridgehead atoms. The molecule has 0 heterocycles. The van der Waals surface area contributed by atoms with Gasteiger partial charge in [0.1, 0.15) is 12.5 Å². The summed E-state index contributed by atoms with van der Waals surface area (Å²) >= 11 is 0. The van der Waals surface area contributed by atoms with Gasteiger partial charge in [-0.1, -0.05) is 43.7 Å². The van der Waals surface area contributed by atoms with Crippen LogP contribution in [0.2, 0.25) is 0 Å². The zero-order valence-corrected chi connectivity index (χ0v) is 16.7. The first-order valence-corrected chi connectivity index (χ1v) is 9.69. The predicted octanol–water partition coefficient (Wildman–Crippen LogP) is 4.68. The summed E-state index contributed by atoms with van der Waals surface area (Å²) in [5.74, 6) is -0.0972. The van der Waals surface area contributed by atoms with Crippen LogP contribution in [0.15, 0.2) is 53.4 Å². The van der Waals surface area contributed by atoms with E-state index in [0.717, 1.165) is 11.1 Å². The van der Waals surface area contributed by atoms with Gasteiger partial charge in [-0.2, -0.15) is 0 Å². The molecule has 0 spiro atoms. The molecule has 142 valence electrons. The van der Waals surface area contributed by atoms with Crippen LogP contribution in [0.1, 0.15) is 31.9 Å². The maximum atomic E-state index is 12.1. The lowest BCUT2D eigenvalue weighted by atomic mass is 9.91. The average Bonchev–Trinajstić information content (AvgIpc) is 2.57. The van der Waals surface area contributed by atoms with Gasteiger partial charge in [-0.05, 0) is 50.6 Å².